The molecule has 296 valence electrons. The number of halogens is 1. The highest BCUT2D eigenvalue weighted by atomic mass is 35.5. The van der Waals surface area contributed by atoms with Gasteiger partial charge in [0.05, 0.1) is 31.5 Å². The molecule has 0 saturated heterocycles. The number of thiophene rings is 2. The molecule has 0 bridgehead atoms. The third-order valence-electron chi connectivity index (χ3n) is 10.1. The Morgan fingerprint density at radius 2 is 1.09 bits per heavy atom. The number of nitrogens with one attached hydrogen (secondary N) is 2. The number of carbonyl (C=O) groups excluding carboxylic acids is 4. The minimum Gasteiger partial charge on any atom is -0.496 e. The molecule has 2 aromatic heterocycles. The number of esters is 1. The molecule has 0 spiro atoms. The van der Waals surface area contributed by atoms with Crippen molar-refractivity contribution in [1.82, 2.24) is 10.6 Å². The lowest BCUT2D eigenvalue weighted by molar-refractivity contribution is -0.148. The van der Waals surface area contributed by atoms with Crippen LogP contribution in [-0.2, 0) is 25.2 Å². The number of hydrogen-bond acceptors (Lipinski definition) is 10. The molecular weight excluding hydrogens is 760 g/mol. The van der Waals surface area contributed by atoms with E-state index < -0.39 is 0 Å². The van der Waals surface area contributed by atoms with Crippen LogP contribution >= 0.6 is 34.3 Å². The largest absolute Gasteiger partial charge is 0.496 e. The summed E-state index contributed by atoms with van der Waals surface area (Å²) in [7, 11) is 3.14. The van der Waals surface area contributed by atoms with Crippen molar-refractivity contribution in [3.05, 3.63) is 104 Å². The lowest BCUT2D eigenvalue weighted by Crippen LogP contribution is -2.44. The van der Waals surface area contributed by atoms with Gasteiger partial charge in [0, 0.05) is 47.5 Å². The number of hydrogen-bond donors (Lipinski definition) is 3. The van der Waals surface area contributed by atoms with Gasteiger partial charge in [-0.15, -0.1) is 22.7 Å². The number of aliphatic hydroxyl groups excluding tert-OH is 1. The first-order valence-corrected chi connectivity index (χ1v) is 20.5. The lowest BCUT2D eigenvalue weighted by Gasteiger charge is -2.39. The Balaban J connectivity index is 0.000000224. The van der Waals surface area contributed by atoms with Crippen molar-refractivity contribution in [3.8, 4) is 11.5 Å². The number of carbonyl (C=O) groups is 4. The van der Waals surface area contributed by atoms with Crippen LogP contribution in [0.25, 0.3) is 0 Å². The third-order valence-corrected chi connectivity index (χ3v) is 12.3. The van der Waals surface area contributed by atoms with Crippen LogP contribution in [0.5, 0.6) is 11.5 Å². The van der Waals surface area contributed by atoms with Crippen molar-refractivity contribution >= 4 is 57.3 Å². The molecule has 0 aliphatic heterocycles. The summed E-state index contributed by atoms with van der Waals surface area (Å²) in [5.41, 5.74) is 0.889. The second-order valence-electron chi connectivity index (χ2n) is 13.8. The van der Waals surface area contributed by atoms with Crippen molar-refractivity contribution < 1.29 is 38.5 Å². The molecule has 6 rings (SSSR count). The molecule has 2 saturated carbocycles. The molecule has 0 unspecified atom stereocenters. The number of rotatable bonds is 11. The van der Waals surface area contributed by atoms with Crippen molar-refractivity contribution in [2.75, 3.05) is 27.3 Å². The Labute approximate surface area is 336 Å². The van der Waals surface area contributed by atoms with Crippen LogP contribution in [0.2, 0.25) is 0 Å². The number of benzene rings is 2. The third kappa shape index (κ3) is 12.4. The molecule has 2 aliphatic carbocycles. The van der Waals surface area contributed by atoms with Gasteiger partial charge < -0.3 is 30.0 Å². The minimum atomic E-state index is -0.361. The van der Waals surface area contributed by atoms with Gasteiger partial charge in [-0.2, -0.15) is 0 Å². The van der Waals surface area contributed by atoms with Gasteiger partial charge in [0.25, 0.3) is 11.8 Å². The fraction of sp³-hybridized carbons (Fsp3) is 0.429. The van der Waals surface area contributed by atoms with Crippen LogP contribution in [0.3, 0.4) is 0 Å². The SMILES string of the molecule is CC(=O)Cl.COc1ccccc1C(=O)NCC1(c2cccs2)CCC(O)CC1.COc1ccccc1C(=O)NCC1(c2cccs2)CCC(OC(C)=O)CC1. The van der Waals surface area contributed by atoms with E-state index >= 15 is 0 Å². The maximum Gasteiger partial charge on any atom is 0.302 e. The van der Waals surface area contributed by atoms with E-state index in [0.717, 1.165) is 51.4 Å². The first-order chi connectivity index (χ1) is 26.4. The first kappa shape index (κ1) is 43.5. The minimum absolute atomic E-state index is 0.0273. The molecular formula is C42H51ClN2O8S2. The molecule has 55 heavy (non-hydrogen) atoms. The van der Waals surface area contributed by atoms with Crippen LogP contribution in [0, 0.1) is 0 Å². The van der Waals surface area contributed by atoms with Crippen LogP contribution in [0.1, 0.15) is 95.7 Å². The second kappa shape index (κ2) is 21.2. The number of para-hydroxylation sites is 2. The molecule has 10 nitrogen and oxygen atoms in total. The monoisotopic (exact) mass is 810 g/mol. The second-order valence-corrected chi connectivity index (χ2v) is 16.2. The van der Waals surface area contributed by atoms with Crippen molar-refractivity contribution in [1.29, 1.82) is 0 Å². The molecule has 4 aromatic rings. The Morgan fingerprint density at radius 3 is 1.45 bits per heavy atom. The van der Waals surface area contributed by atoms with E-state index in [9.17, 15) is 24.3 Å². The van der Waals surface area contributed by atoms with Crippen molar-refractivity contribution in [3.63, 3.8) is 0 Å². The van der Waals surface area contributed by atoms with E-state index in [1.165, 1.54) is 23.6 Å². The topological polar surface area (TPSA) is 140 Å². The molecule has 2 aliphatic rings. The summed E-state index contributed by atoms with van der Waals surface area (Å²) < 4.78 is 16.0. The summed E-state index contributed by atoms with van der Waals surface area (Å²) in [6.07, 6.45) is 6.45. The Bertz CT molecular complexity index is 1810. The summed E-state index contributed by atoms with van der Waals surface area (Å²) in [4.78, 5) is 48.3. The number of ether oxygens (including phenoxy) is 3. The molecule has 2 amide bonds. The molecule has 13 heteroatoms. The molecule has 2 fully saturated rings. The summed E-state index contributed by atoms with van der Waals surface area (Å²) in [6.45, 7) is 3.88. The molecule has 0 radical (unpaired) electrons. The van der Waals surface area contributed by atoms with E-state index in [2.05, 4.69) is 51.2 Å². The highest BCUT2D eigenvalue weighted by molar-refractivity contribution is 7.10. The zero-order valence-electron chi connectivity index (χ0n) is 31.8. The van der Waals surface area contributed by atoms with Gasteiger partial charge in [-0.25, -0.2) is 0 Å². The summed E-state index contributed by atoms with van der Waals surface area (Å²) in [5.74, 6) is 0.672. The van der Waals surface area contributed by atoms with Crippen molar-refractivity contribution in [2.45, 2.75) is 88.3 Å². The van der Waals surface area contributed by atoms with Gasteiger partial charge in [0.2, 0.25) is 5.24 Å². The quantitative estimate of drug-likeness (QED) is 0.102. The molecule has 2 aromatic carbocycles. The summed E-state index contributed by atoms with van der Waals surface area (Å²) >= 11 is 8.08. The van der Waals surface area contributed by atoms with Gasteiger partial charge in [-0.3, -0.25) is 19.2 Å². The summed E-state index contributed by atoms with van der Waals surface area (Å²) in [6, 6.07) is 22.8. The molecule has 2 heterocycles. The maximum atomic E-state index is 12.7. The van der Waals surface area contributed by atoms with Gasteiger partial charge >= 0.3 is 5.97 Å². The van der Waals surface area contributed by atoms with Crippen LogP contribution in [0.4, 0.5) is 0 Å². The van der Waals surface area contributed by atoms with Crippen molar-refractivity contribution in [2.24, 2.45) is 0 Å². The van der Waals surface area contributed by atoms with Crippen LogP contribution in [-0.4, -0.2) is 67.6 Å². The van der Waals surface area contributed by atoms with Gasteiger partial charge in [-0.1, -0.05) is 36.4 Å². The van der Waals surface area contributed by atoms with Gasteiger partial charge in [0.1, 0.15) is 17.6 Å². The fourth-order valence-electron chi connectivity index (χ4n) is 7.19. The fourth-order valence-corrected chi connectivity index (χ4v) is 9.16. The summed E-state index contributed by atoms with van der Waals surface area (Å²) in [5, 5.41) is 19.8. The van der Waals surface area contributed by atoms with Crippen LogP contribution in [0.15, 0.2) is 83.6 Å². The Morgan fingerprint density at radius 1 is 0.691 bits per heavy atom. The average Bonchev–Trinajstić information content (AvgIpc) is 3.94. The lowest BCUT2D eigenvalue weighted by atomic mass is 9.72. The van der Waals surface area contributed by atoms with E-state index in [4.69, 9.17) is 14.2 Å². The van der Waals surface area contributed by atoms with Gasteiger partial charge in [0.15, 0.2) is 0 Å². The number of aliphatic hydroxyl groups is 1. The molecule has 3 N–H and O–H groups in total. The maximum absolute atomic E-state index is 12.7. The smallest absolute Gasteiger partial charge is 0.302 e. The zero-order chi connectivity index (χ0) is 39.8. The van der Waals surface area contributed by atoms with E-state index in [-0.39, 0.29) is 46.1 Å². The predicted octanol–water partition coefficient (Wildman–Crippen LogP) is 8.06. The van der Waals surface area contributed by atoms with Crippen LogP contribution < -0.4 is 20.1 Å². The Hall–Kier alpha value is -4.23. The zero-order valence-corrected chi connectivity index (χ0v) is 34.2. The predicted molar refractivity (Wildman–Crippen MR) is 218 cm³/mol. The Kier molecular flexibility index (Phi) is 16.7. The highest BCUT2D eigenvalue weighted by Crippen LogP contribution is 2.43. The number of amides is 2. The normalized spacial score (nSPS) is 21.6. The first-order valence-electron chi connectivity index (χ1n) is 18.3. The number of methoxy groups -OCH3 is 2. The molecule has 0 atom stereocenters. The van der Waals surface area contributed by atoms with E-state index in [0.29, 0.717) is 35.7 Å². The van der Waals surface area contributed by atoms with E-state index in [1.807, 2.05) is 30.3 Å². The standard InChI is InChI=1S/C21H25NO4S.C19H23NO3S.C2H3ClO/c1-15(23)26-16-9-11-21(12-10-16,19-8-5-13-27-19)14-22-20(24)17-6-3-4-7-18(17)25-2;1-23-16-6-3-2-5-15(16)18(22)20-13-19(17-7-4-12-24-17)10-8-14(21)9-11-19;1-2(3)4/h3-8,13,16H,9-12,14H2,1-2H3,(H,22,24);2-7,12,14,21H,8-11,13H2,1H3,(H,20,22);1H3. The highest BCUT2D eigenvalue weighted by Gasteiger charge is 2.40. The average molecular weight is 811 g/mol. The van der Waals surface area contributed by atoms with E-state index in [1.54, 1.807) is 61.2 Å². The van der Waals surface area contributed by atoms with Gasteiger partial charge in [-0.05, 0) is 110 Å².